The fourth-order valence-electron chi connectivity index (χ4n) is 4.10. The Morgan fingerprint density at radius 3 is 3.00 bits per heavy atom. The van der Waals surface area contributed by atoms with E-state index >= 15 is 0 Å². The number of benzene rings is 1. The monoisotopic (exact) mass is 346 g/mol. The van der Waals surface area contributed by atoms with Crippen LogP contribution in [0.25, 0.3) is 0 Å². The maximum Gasteiger partial charge on any atom is 0.309 e. The first kappa shape index (κ1) is 15.3. The van der Waals surface area contributed by atoms with Crippen LogP contribution in [-0.4, -0.2) is 24.2 Å². The van der Waals surface area contributed by atoms with Gasteiger partial charge in [0.15, 0.2) is 0 Å². The minimum absolute atomic E-state index is 0.285. The predicted molar refractivity (Wildman–Crippen MR) is 90.2 cm³/mol. The first-order valence-electron chi connectivity index (χ1n) is 7.80. The van der Waals surface area contributed by atoms with E-state index < -0.39 is 23.1 Å². The Morgan fingerprint density at radius 2 is 2.25 bits per heavy atom. The highest BCUT2D eigenvalue weighted by Gasteiger charge is 2.57. The quantitative estimate of drug-likeness (QED) is 0.862. The van der Waals surface area contributed by atoms with Crippen LogP contribution in [0.15, 0.2) is 53.9 Å². The van der Waals surface area contributed by atoms with E-state index in [9.17, 15) is 14.3 Å². The second kappa shape index (κ2) is 5.38. The van der Waals surface area contributed by atoms with E-state index in [0.29, 0.717) is 18.8 Å². The van der Waals surface area contributed by atoms with Gasteiger partial charge in [0, 0.05) is 18.8 Å². The van der Waals surface area contributed by atoms with E-state index in [4.69, 9.17) is 11.6 Å². The lowest BCUT2D eigenvalue weighted by molar-refractivity contribution is -0.143. The summed E-state index contributed by atoms with van der Waals surface area (Å²) in [5.41, 5.74) is 1.98. The highest BCUT2D eigenvalue weighted by molar-refractivity contribution is 6.33. The topological polar surface area (TPSA) is 52.6 Å². The van der Waals surface area contributed by atoms with Crippen LogP contribution in [-0.2, 0) is 4.79 Å². The molecule has 1 saturated heterocycles. The van der Waals surface area contributed by atoms with Gasteiger partial charge in [0.05, 0.1) is 22.0 Å². The van der Waals surface area contributed by atoms with Gasteiger partial charge in [-0.1, -0.05) is 23.8 Å². The molecule has 3 aliphatic rings. The van der Waals surface area contributed by atoms with E-state index in [2.05, 4.69) is 11.4 Å². The lowest BCUT2D eigenvalue weighted by Crippen LogP contribution is -2.45. The Labute approximate surface area is 143 Å². The van der Waals surface area contributed by atoms with Crippen molar-refractivity contribution in [3.05, 3.63) is 64.7 Å². The van der Waals surface area contributed by atoms with Crippen LogP contribution >= 0.6 is 11.6 Å². The number of nitrogens with one attached hydrogen (secondary N) is 1. The summed E-state index contributed by atoms with van der Waals surface area (Å²) in [5, 5.41) is 13.3. The van der Waals surface area contributed by atoms with Gasteiger partial charge in [-0.25, -0.2) is 4.39 Å². The number of hydrogen-bond acceptors (Lipinski definition) is 3. The molecule has 0 radical (unpaired) electrons. The predicted octanol–water partition coefficient (Wildman–Crippen LogP) is 3.32. The molecule has 1 aromatic carbocycles. The molecule has 1 unspecified atom stereocenters. The van der Waals surface area contributed by atoms with Crippen LogP contribution in [0, 0.1) is 17.2 Å². The maximum atomic E-state index is 13.4. The Morgan fingerprint density at radius 1 is 1.42 bits per heavy atom. The van der Waals surface area contributed by atoms with E-state index in [1.807, 2.05) is 23.3 Å². The average molecular weight is 347 g/mol. The highest BCUT2D eigenvalue weighted by Crippen LogP contribution is 2.55. The molecule has 1 aliphatic carbocycles. The standard InChI is InChI=1S/C18H16ClFN2O2/c19-14-8-12(20)4-5-15(14)22-9-13(17(23)24)18-10-21-7-6-11(18)2-1-3-16(18)22/h2-8,13,21H,1,9-10H2,(H,23,24)/t13-,18?/m0/s1. The minimum atomic E-state index is -0.841. The number of carbonyl (C=O) groups is 1. The van der Waals surface area contributed by atoms with Crippen molar-refractivity contribution in [3.8, 4) is 0 Å². The van der Waals surface area contributed by atoms with Gasteiger partial charge in [0.1, 0.15) is 5.82 Å². The molecule has 0 saturated carbocycles. The minimum Gasteiger partial charge on any atom is -0.481 e. The van der Waals surface area contributed by atoms with Crippen LogP contribution in [0.1, 0.15) is 6.42 Å². The van der Waals surface area contributed by atoms with Crippen LogP contribution in [0.4, 0.5) is 10.1 Å². The lowest BCUT2D eigenvalue weighted by Gasteiger charge is -2.40. The molecule has 1 fully saturated rings. The summed E-state index contributed by atoms with van der Waals surface area (Å²) in [6, 6.07) is 4.22. The second-order valence-corrected chi connectivity index (χ2v) is 6.67. The summed E-state index contributed by atoms with van der Waals surface area (Å²) in [5.74, 6) is -1.85. The fraction of sp³-hybridized carbons (Fsp3) is 0.278. The van der Waals surface area contributed by atoms with Crippen molar-refractivity contribution >= 4 is 23.3 Å². The maximum absolute atomic E-state index is 13.4. The van der Waals surface area contributed by atoms with Crippen molar-refractivity contribution in [2.75, 3.05) is 18.0 Å². The fourth-order valence-corrected chi connectivity index (χ4v) is 4.36. The number of rotatable bonds is 2. The van der Waals surface area contributed by atoms with Gasteiger partial charge in [-0.05, 0) is 42.5 Å². The second-order valence-electron chi connectivity index (χ2n) is 6.27. The first-order valence-corrected chi connectivity index (χ1v) is 8.18. The van der Waals surface area contributed by atoms with Crippen molar-refractivity contribution in [3.63, 3.8) is 0 Å². The molecular formula is C18H16ClFN2O2. The molecule has 24 heavy (non-hydrogen) atoms. The molecule has 0 aromatic heterocycles. The molecule has 6 heteroatoms. The smallest absolute Gasteiger partial charge is 0.309 e. The Kier molecular flexibility index (Phi) is 3.42. The average Bonchev–Trinajstić information content (AvgIpc) is 2.88. The third-order valence-electron chi connectivity index (χ3n) is 5.13. The molecule has 2 atom stereocenters. The van der Waals surface area contributed by atoms with E-state index in [0.717, 1.165) is 17.7 Å². The van der Waals surface area contributed by atoms with Gasteiger partial charge < -0.3 is 15.3 Å². The molecular weight excluding hydrogens is 331 g/mol. The zero-order chi connectivity index (χ0) is 16.9. The summed E-state index contributed by atoms with van der Waals surface area (Å²) in [7, 11) is 0. The van der Waals surface area contributed by atoms with Gasteiger partial charge in [0.2, 0.25) is 0 Å². The summed E-state index contributed by atoms with van der Waals surface area (Å²) >= 11 is 6.24. The number of carboxylic acids is 1. The van der Waals surface area contributed by atoms with Crippen LogP contribution in [0.2, 0.25) is 5.02 Å². The SMILES string of the molecule is O=C(O)[C@@H]1CN(c2ccc(F)cc2Cl)C2=CCC=C3C=CNCC321. The molecule has 1 aromatic rings. The third kappa shape index (κ3) is 2.01. The number of halogens is 2. The van der Waals surface area contributed by atoms with Crippen molar-refractivity contribution in [2.45, 2.75) is 6.42 Å². The highest BCUT2D eigenvalue weighted by atomic mass is 35.5. The van der Waals surface area contributed by atoms with E-state index in [-0.39, 0.29) is 5.02 Å². The van der Waals surface area contributed by atoms with Crippen molar-refractivity contribution in [1.82, 2.24) is 5.32 Å². The molecule has 0 bridgehead atoms. The molecule has 4 nitrogen and oxygen atoms in total. The Bertz CT molecular complexity index is 817. The van der Waals surface area contributed by atoms with Crippen molar-refractivity contribution < 1.29 is 14.3 Å². The molecule has 124 valence electrons. The summed E-state index contributed by atoms with van der Waals surface area (Å²) in [6.07, 6.45) is 8.66. The molecule has 4 rings (SSSR count). The molecule has 2 heterocycles. The zero-order valence-electron chi connectivity index (χ0n) is 12.8. The van der Waals surface area contributed by atoms with E-state index in [1.165, 1.54) is 12.1 Å². The lowest BCUT2D eigenvalue weighted by atomic mass is 9.66. The van der Waals surface area contributed by atoms with Crippen molar-refractivity contribution in [2.24, 2.45) is 11.3 Å². The molecule has 2 N–H and O–H groups in total. The number of aliphatic carboxylic acids is 1. The number of allylic oxidation sites excluding steroid dienone is 3. The van der Waals surface area contributed by atoms with Gasteiger partial charge >= 0.3 is 5.97 Å². The number of carboxylic acid groups (broad SMARTS) is 1. The van der Waals surface area contributed by atoms with Crippen LogP contribution < -0.4 is 10.2 Å². The van der Waals surface area contributed by atoms with Crippen molar-refractivity contribution in [1.29, 1.82) is 0 Å². The molecule has 1 spiro atoms. The normalized spacial score (nSPS) is 27.8. The molecule has 2 aliphatic heterocycles. The van der Waals surface area contributed by atoms with Gasteiger partial charge in [-0.15, -0.1) is 0 Å². The zero-order valence-corrected chi connectivity index (χ0v) is 13.6. The Balaban J connectivity index is 1.87. The van der Waals surface area contributed by atoms with Crippen LogP contribution in [0.3, 0.4) is 0 Å². The number of anilines is 1. The largest absolute Gasteiger partial charge is 0.481 e. The first-order chi connectivity index (χ1) is 11.5. The molecule has 0 amide bonds. The van der Waals surface area contributed by atoms with Gasteiger partial charge in [-0.3, -0.25) is 4.79 Å². The summed E-state index contributed by atoms with van der Waals surface area (Å²) < 4.78 is 13.4. The van der Waals surface area contributed by atoms with Gasteiger partial charge in [-0.2, -0.15) is 0 Å². The summed E-state index contributed by atoms with van der Waals surface area (Å²) in [4.78, 5) is 13.9. The van der Waals surface area contributed by atoms with Crippen LogP contribution in [0.5, 0.6) is 0 Å². The third-order valence-corrected chi connectivity index (χ3v) is 5.43. The number of nitrogens with zero attached hydrogens (tertiary/aromatic N) is 1. The van der Waals surface area contributed by atoms with Gasteiger partial charge in [0.25, 0.3) is 0 Å². The van der Waals surface area contributed by atoms with E-state index in [1.54, 1.807) is 6.07 Å². The number of hydrogen-bond donors (Lipinski definition) is 2. The summed E-state index contributed by atoms with van der Waals surface area (Å²) in [6.45, 7) is 0.826. The Hall–Kier alpha value is -2.27.